The smallest absolute Gasteiger partial charge is 0.158 e. The van der Waals surface area contributed by atoms with Gasteiger partial charge in [-0.15, -0.1) is 0 Å². The van der Waals surface area contributed by atoms with Crippen LogP contribution in [0.25, 0.3) is 6.08 Å². The van der Waals surface area contributed by atoms with Gasteiger partial charge in [0.25, 0.3) is 0 Å². The summed E-state index contributed by atoms with van der Waals surface area (Å²) in [4.78, 5) is 8.09. The van der Waals surface area contributed by atoms with Crippen molar-refractivity contribution in [3.63, 3.8) is 0 Å². The highest BCUT2D eigenvalue weighted by atomic mass is 14.9. The summed E-state index contributed by atoms with van der Waals surface area (Å²) in [5, 5.41) is 3.45. The number of allylic oxidation sites excluding steroid dienone is 1. The van der Waals surface area contributed by atoms with E-state index in [1.807, 2.05) is 12.1 Å². The summed E-state index contributed by atoms with van der Waals surface area (Å²) in [6.07, 6.45) is 11.1. The zero-order valence-electron chi connectivity index (χ0n) is 10.8. The molecule has 0 aromatic carbocycles. The van der Waals surface area contributed by atoms with Crippen molar-refractivity contribution in [1.29, 1.82) is 0 Å². The molecular formula is C15H21N3. The minimum absolute atomic E-state index is 0.716. The molecule has 0 radical (unpaired) electrons. The first-order valence-corrected chi connectivity index (χ1v) is 6.69. The lowest BCUT2D eigenvalue weighted by atomic mass is 9.94. The van der Waals surface area contributed by atoms with Crippen LogP contribution in [-0.2, 0) is 0 Å². The minimum atomic E-state index is 0.716. The normalized spacial score (nSPS) is 20.1. The zero-order valence-corrected chi connectivity index (χ0v) is 10.8. The zero-order chi connectivity index (χ0) is 12.6. The van der Waals surface area contributed by atoms with Crippen LogP contribution in [0.1, 0.15) is 31.2 Å². The molecular weight excluding hydrogens is 222 g/mol. The Labute approximate surface area is 109 Å². The molecule has 1 fully saturated rings. The molecule has 1 aromatic rings. The van der Waals surface area contributed by atoms with E-state index >= 15 is 0 Å². The molecule has 0 amide bonds. The summed E-state index contributed by atoms with van der Waals surface area (Å²) in [5.41, 5.74) is 1.05. The van der Waals surface area contributed by atoms with Gasteiger partial charge in [0, 0.05) is 11.8 Å². The van der Waals surface area contributed by atoms with Gasteiger partial charge in [-0.05, 0) is 63.5 Å². The SMILES string of the molecule is C=Nc1ncccc1/C=C\CCC1CCCNC1. The highest BCUT2D eigenvalue weighted by Gasteiger charge is 2.11. The summed E-state index contributed by atoms with van der Waals surface area (Å²) in [6.45, 7) is 5.91. The van der Waals surface area contributed by atoms with Gasteiger partial charge in [-0.1, -0.05) is 12.2 Å². The summed E-state index contributed by atoms with van der Waals surface area (Å²) in [7, 11) is 0. The molecule has 1 N–H and O–H groups in total. The number of aromatic nitrogens is 1. The first-order valence-electron chi connectivity index (χ1n) is 6.69. The third kappa shape index (κ3) is 3.77. The van der Waals surface area contributed by atoms with E-state index in [1.54, 1.807) is 6.20 Å². The second kappa shape index (κ2) is 7.07. The van der Waals surface area contributed by atoms with E-state index in [0.29, 0.717) is 5.82 Å². The predicted octanol–water partition coefficient (Wildman–Crippen LogP) is 3.21. The van der Waals surface area contributed by atoms with Crippen molar-refractivity contribution >= 4 is 18.6 Å². The number of piperidine rings is 1. The van der Waals surface area contributed by atoms with Crippen LogP contribution in [0, 0.1) is 5.92 Å². The van der Waals surface area contributed by atoms with Gasteiger partial charge >= 0.3 is 0 Å². The predicted molar refractivity (Wildman–Crippen MR) is 77.3 cm³/mol. The summed E-state index contributed by atoms with van der Waals surface area (Å²) in [5.74, 6) is 1.56. The van der Waals surface area contributed by atoms with Crippen molar-refractivity contribution in [2.75, 3.05) is 13.1 Å². The Morgan fingerprint density at radius 3 is 3.28 bits per heavy atom. The molecule has 0 spiro atoms. The molecule has 3 heteroatoms. The van der Waals surface area contributed by atoms with Crippen LogP contribution < -0.4 is 5.32 Å². The number of aliphatic imine (C=N–C) groups is 1. The number of pyridine rings is 1. The van der Waals surface area contributed by atoms with E-state index < -0.39 is 0 Å². The molecule has 18 heavy (non-hydrogen) atoms. The van der Waals surface area contributed by atoms with Crippen LogP contribution in [0.2, 0.25) is 0 Å². The van der Waals surface area contributed by atoms with Gasteiger partial charge in [0.15, 0.2) is 5.82 Å². The molecule has 1 unspecified atom stereocenters. The van der Waals surface area contributed by atoms with E-state index in [0.717, 1.165) is 17.9 Å². The maximum absolute atomic E-state index is 4.18. The van der Waals surface area contributed by atoms with Crippen LogP contribution in [-0.4, -0.2) is 24.8 Å². The molecule has 1 saturated heterocycles. The molecule has 96 valence electrons. The number of nitrogens with one attached hydrogen (secondary N) is 1. The topological polar surface area (TPSA) is 37.3 Å². The third-order valence-electron chi connectivity index (χ3n) is 3.40. The molecule has 1 aromatic heterocycles. The van der Waals surface area contributed by atoms with E-state index in [4.69, 9.17) is 0 Å². The molecule has 0 aliphatic carbocycles. The average Bonchev–Trinajstić information content (AvgIpc) is 2.45. The van der Waals surface area contributed by atoms with Crippen LogP contribution >= 0.6 is 0 Å². The first kappa shape index (κ1) is 13.0. The Bertz CT molecular complexity index is 406. The third-order valence-corrected chi connectivity index (χ3v) is 3.40. The second-order valence-electron chi connectivity index (χ2n) is 4.77. The number of rotatable bonds is 5. The van der Waals surface area contributed by atoms with Crippen molar-refractivity contribution in [3.05, 3.63) is 30.0 Å². The Balaban J connectivity index is 1.81. The molecule has 0 bridgehead atoms. The van der Waals surface area contributed by atoms with Crippen molar-refractivity contribution in [2.24, 2.45) is 10.9 Å². The highest BCUT2D eigenvalue weighted by Crippen LogP contribution is 2.19. The molecule has 2 heterocycles. The van der Waals surface area contributed by atoms with Gasteiger partial charge in [-0.3, -0.25) is 0 Å². The van der Waals surface area contributed by atoms with Gasteiger partial charge in [-0.2, -0.15) is 0 Å². The molecule has 1 aliphatic rings. The van der Waals surface area contributed by atoms with E-state index in [1.165, 1.54) is 32.4 Å². The van der Waals surface area contributed by atoms with E-state index in [-0.39, 0.29) is 0 Å². The molecule has 1 aliphatic heterocycles. The van der Waals surface area contributed by atoms with Crippen LogP contribution in [0.4, 0.5) is 5.82 Å². The minimum Gasteiger partial charge on any atom is -0.316 e. The van der Waals surface area contributed by atoms with Crippen molar-refractivity contribution < 1.29 is 0 Å². The quantitative estimate of drug-likeness (QED) is 0.806. The van der Waals surface area contributed by atoms with E-state index in [2.05, 4.69) is 34.2 Å². The Morgan fingerprint density at radius 2 is 2.50 bits per heavy atom. The lowest BCUT2D eigenvalue weighted by molar-refractivity contribution is 0.360. The number of hydrogen-bond acceptors (Lipinski definition) is 3. The number of hydrogen-bond donors (Lipinski definition) is 1. The maximum atomic E-state index is 4.18. The van der Waals surface area contributed by atoms with Crippen molar-refractivity contribution in [1.82, 2.24) is 10.3 Å². The summed E-state index contributed by atoms with van der Waals surface area (Å²) >= 11 is 0. The van der Waals surface area contributed by atoms with Gasteiger partial charge in [0.1, 0.15) is 0 Å². The molecule has 3 nitrogen and oxygen atoms in total. The van der Waals surface area contributed by atoms with Crippen molar-refractivity contribution in [2.45, 2.75) is 25.7 Å². The fraction of sp³-hybridized carbons (Fsp3) is 0.467. The first-order chi connectivity index (χ1) is 8.90. The fourth-order valence-corrected chi connectivity index (χ4v) is 2.38. The molecule has 2 rings (SSSR count). The Hall–Kier alpha value is -1.48. The molecule has 0 saturated carbocycles. The summed E-state index contributed by atoms with van der Waals surface area (Å²) < 4.78 is 0. The van der Waals surface area contributed by atoms with Crippen LogP contribution in [0.3, 0.4) is 0 Å². The van der Waals surface area contributed by atoms with Gasteiger partial charge in [0.2, 0.25) is 0 Å². The van der Waals surface area contributed by atoms with Crippen molar-refractivity contribution in [3.8, 4) is 0 Å². The monoisotopic (exact) mass is 243 g/mol. The van der Waals surface area contributed by atoms with Crippen LogP contribution in [0.5, 0.6) is 0 Å². The van der Waals surface area contributed by atoms with Gasteiger partial charge in [-0.25, -0.2) is 9.98 Å². The lowest BCUT2D eigenvalue weighted by Crippen LogP contribution is -2.29. The summed E-state index contributed by atoms with van der Waals surface area (Å²) in [6, 6.07) is 3.95. The Kier molecular flexibility index (Phi) is 5.09. The molecule has 1 atom stereocenters. The van der Waals surface area contributed by atoms with Gasteiger partial charge in [0.05, 0.1) is 0 Å². The largest absolute Gasteiger partial charge is 0.316 e. The highest BCUT2D eigenvalue weighted by molar-refractivity contribution is 5.61. The van der Waals surface area contributed by atoms with Gasteiger partial charge < -0.3 is 5.32 Å². The standard InChI is InChI=1S/C15H21N3/c1-16-15-14(9-5-11-18-15)8-3-2-6-13-7-4-10-17-12-13/h3,5,8-9,11,13,17H,1-2,4,6-7,10,12H2/b8-3-. The second-order valence-corrected chi connectivity index (χ2v) is 4.77. The van der Waals surface area contributed by atoms with Crippen LogP contribution in [0.15, 0.2) is 29.4 Å². The lowest BCUT2D eigenvalue weighted by Gasteiger charge is -2.21. The number of nitrogens with zero attached hydrogens (tertiary/aromatic N) is 2. The average molecular weight is 243 g/mol. The fourth-order valence-electron chi connectivity index (χ4n) is 2.38. The maximum Gasteiger partial charge on any atom is 0.158 e. The Morgan fingerprint density at radius 1 is 1.56 bits per heavy atom. The van der Waals surface area contributed by atoms with E-state index in [9.17, 15) is 0 Å².